The second-order valence-corrected chi connectivity index (χ2v) is 8.59. The third-order valence-corrected chi connectivity index (χ3v) is 5.86. The molecule has 0 fully saturated rings. The summed E-state index contributed by atoms with van der Waals surface area (Å²) in [4.78, 5) is 37.4. The second-order valence-electron chi connectivity index (χ2n) is 8.59. The lowest BCUT2D eigenvalue weighted by molar-refractivity contribution is -0.134. The standard InChI is InChI=1S/C27H25N7O4/c35-24(10-3-1-2-4-11-29-20-8-5-9-21-26(20)34-38-33-21)37-19-15-18-7-6-12-31-25(18)22(16-19)32-27(36)23-17-28-13-14-30-23/h5-9,12-17,29H,1-4,10-11H2,(H,32,36). The Hall–Kier alpha value is -4.93. The Morgan fingerprint density at radius 1 is 0.868 bits per heavy atom. The molecule has 11 nitrogen and oxygen atoms in total. The number of pyridine rings is 1. The molecule has 0 radical (unpaired) electrons. The van der Waals surface area contributed by atoms with E-state index in [-0.39, 0.29) is 11.7 Å². The Bertz CT molecular complexity index is 1560. The van der Waals surface area contributed by atoms with Gasteiger partial charge in [0.25, 0.3) is 5.91 Å². The van der Waals surface area contributed by atoms with Crippen LogP contribution in [0, 0.1) is 0 Å². The Morgan fingerprint density at radius 3 is 2.68 bits per heavy atom. The minimum absolute atomic E-state index is 0.168. The predicted molar refractivity (Wildman–Crippen MR) is 141 cm³/mol. The fraction of sp³-hybridized carbons (Fsp3) is 0.222. The number of nitrogens with zero attached hydrogens (tertiary/aromatic N) is 5. The van der Waals surface area contributed by atoms with E-state index in [1.807, 2.05) is 24.3 Å². The number of nitrogens with one attached hydrogen (secondary N) is 2. The van der Waals surface area contributed by atoms with Crippen LogP contribution in [0.5, 0.6) is 5.75 Å². The summed E-state index contributed by atoms with van der Waals surface area (Å²) in [5, 5.41) is 14.6. The van der Waals surface area contributed by atoms with E-state index in [2.05, 4.69) is 35.9 Å². The van der Waals surface area contributed by atoms with Crippen LogP contribution < -0.4 is 15.4 Å². The highest BCUT2D eigenvalue weighted by Crippen LogP contribution is 2.28. The number of rotatable bonds is 11. The van der Waals surface area contributed by atoms with Gasteiger partial charge in [0.15, 0.2) is 5.52 Å². The summed E-state index contributed by atoms with van der Waals surface area (Å²) < 4.78 is 10.4. The quantitative estimate of drug-likeness (QED) is 0.144. The molecule has 0 aliphatic carbocycles. The molecule has 5 aromatic rings. The van der Waals surface area contributed by atoms with Crippen LogP contribution in [0.3, 0.4) is 0 Å². The molecule has 2 N–H and O–H groups in total. The summed E-state index contributed by atoms with van der Waals surface area (Å²) in [6.45, 7) is 0.782. The highest BCUT2D eigenvalue weighted by atomic mass is 16.6. The van der Waals surface area contributed by atoms with Gasteiger partial charge in [-0.1, -0.05) is 25.0 Å². The third kappa shape index (κ3) is 6.06. The minimum atomic E-state index is -0.433. The van der Waals surface area contributed by atoms with E-state index in [9.17, 15) is 9.59 Å². The molecular weight excluding hydrogens is 486 g/mol. The molecule has 11 heteroatoms. The van der Waals surface area contributed by atoms with E-state index in [4.69, 9.17) is 9.37 Å². The van der Waals surface area contributed by atoms with Crippen molar-refractivity contribution in [2.75, 3.05) is 17.2 Å². The first-order valence-electron chi connectivity index (χ1n) is 12.3. The van der Waals surface area contributed by atoms with Crippen molar-refractivity contribution in [3.8, 4) is 5.75 Å². The van der Waals surface area contributed by atoms with Crippen molar-refractivity contribution in [3.05, 3.63) is 72.9 Å². The summed E-state index contributed by atoms with van der Waals surface area (Å²) in [5.74, 6) is -0.425. The first-order valence-corrected chi connectivity index (χ1v) is 12.3. The van der Waals surface area contributed by atoms with Crippen molar-refractivity contribution in [1.29, 1.82) is 0 Å². The van der Waals surface area contributed by atoms with Crippen molar-refractivity contribution < 1.29 is 19.0 Å². The minimum Gasteiger partial charge on any atom is -0.426 e. The fourth-order valence-corrected chi connectivity index (χ4v) is 4.02. The molecule has 0 saturated heterocycles. The van der Waals surface area contributed by atoms with Crippen LogP contribution >= 0.6 is 0 Å². The maximum Gasteiger partial charge on any atom is 0.311 e. The average molecular weight is 512 g/mol. The molecule has 0 spiro atoms. The molecule has 0 atom stereocenters. The largest absolute Gasteiger partial charge is 0.426 e. The molecule has 5 rings (SSSR count). The van der Waals surface area contributed by atoms with Gasteiger partial charge in [-0.25, -0.2) is 9.61 Å². The molecule has 2 aromatic carbocycles. The SMILES string of the molecule is O=C(CCCCCCNc1cccc2nonc12)Oc1cc(NC(=O)c2cnccn2)c2ncccc2c1. The highest BCUT2D eigenvalue weighted by molar-refractivity contribution is 6.07. The first kappa shape index (κ1) is 24.8. The van der Waals surface area contributed by atoms with Crippen molar-refractivity contribution >= 4 is 45.2 Å². The number of hydrogen-bond donors (Lipinski definition) is 2. The number of esters is 1. The van der Waals surface area contributed by atoms with Crippen LogP contribution in [0.15, 0.2) is 71.9 Å². The molecule has 38 heavy (non-hydrogen) atoms. The molecule has 0 aliphatic heterocycles. The first-order chi connectivity index (χ1) is 18.7. The van der Waals surface area contributed by atoms with Gasteiger partial charge in [0.2, 0.25) is 0 Å². The van der Waals surface area contributed by atoms with Gasteiger partial charge < -0.3 is 15.4 Å². The Labute approximate surface area is 217 Å². The van der Waals surface area contributed by atoms with E-state index in [1.54, 1.807) is 24.4 Å². The number of hydrogen-bond acceptors (Lipinski definition) is 10. The van der Waals surface area contributed by atoms with Crippen LogP contribution in [0.25, 0.3) is 21.9 Å². The lowest BCUT2D eigenvalue weighted by Gasteiger charge is -2.11. The van der Waals surface area contributed by atoms with Gasteiger partial charge in [0.05, 0.1) is 23.1 Å². The Morgan fingerprint density at radius 2 is 1.79 bits per heavy atom. The number of fused-ring (bicyclic) bond motifs is 2. The number of aromatic nitrogens is 5. The molecule has 0 saturated carbocycles. The smallest absolute Gasteiger partial charge is 0.311 e. The van der Waals surface area contributed by atoms with Crippen molar-refractivity contribution in [2.24, 2.45) is 0 Å². The molecule has 1 amide bonds. The van der Waals surface area contributed by atoms with Crippen molar-refractivity contribution in [1.82, 2.24) is 25.3 Å². The fourth-order valence-electron chi connectivity index (χ4n) is 4.02. The summed E-state index contributed by atoms with van der Waals surface area (Å²) in [7, 11) is 0. The van der Waals surface area contributed by atoms with Gasteiger partial charge in [0, 0.05) is 43.0 Å². The summed E-state index contributed by atoms with van der Waals surface area (Å²) >= 11 is 0. The molecule has 192 valence electrons. The average Bonchev–Trinajstić information content (AvgIpc) is 3.43. The number of benzene rings is 2. The Balaban J connectivity index is 1.10. The van der Waals surface area contributed by atoms with Crippen molar-refractivity contribution in [3.63, 3.8) is 0 Å². The normalized spacial score (nSPS) is 10.9. The van der Waals surface area contributed by atoms with Gasteiger partial charge in [-0.2, -0.15) is 0 Å². The monoisotopic (exact) mass is 511 g/mol. The number of carbonyl (C=O) groups excluding carboxylic acids is 2. The summed E-state index contributed by atoms with van der Waals surface area (Å²) in [6, 6.07) is 12.6. The summed E-state index contributed by atoms with van der Waals surface area (Å²) in [5.41, 5.74) is 3.50. The van der Waals surface area contributed by atoms with Gasteiger partial charge >= 0.3 is 5.97 Å². The van der Waals surface area contributed by atoms with Crippen LogP contribution in [0.1, 0.15) is 42.6 Å². The van der Waals surface area contributed by atoms with Crippen molar-refractivity contribution in [2.45, 2.75) is 32.1 Å². The lowest BCUT2D eigenvalue weighted by Crippen LogP contribution is -2.15. The van der Waals surface area contributed by atoms with E-state index >= 15 is 0 Å². The van der Waals surface area contributed by atoms with E-state index in [0.29, 0.717) is 29.8 Å². The third-order valence-electron chi connectivity index (χ3n) is 5.86. The highest BCUT2D eigenvalue weighted by Gasteiger charge is 2.14. The predicted octanol–water partition coefficient (Wildman–Crippen LogP) is 4.78. The molecule has 0 aliphatic rings. The molecule has 3 aromatic heterocycles. The van der Waals surface area contributed by atoms with Crippen LogP contribution in [0.4, 0.5) is 11.4 Å². The van der Waals surface area contributed by atoms with E-state index < -0.39 is 5.91 Å². The number of ether oxygens (including phenoxy) is 1. The number of unbranched alkanes of at least 4 members (excludes halogenated alkanes) is 3. The van der Waals surface area contributed by atoms with Gasteiger partial charge in [-0.3, -0.25) is 19.6 Å². The maximum atomic E-state index is 12.6. The zero-order chi connectivity index (χ0) is 26.2. The maximum absolute atomic E-state index is 12.6. The van der Waals surface area contributed by atoms with Crippen LogP contribution in [-0.4, -0.2) is 43.7 Å². The zero-order valence-electron chi connectivity index (χ0n) is 20.5. The number of anilines is 2. The second kappa shape index (κ2) is 11.9. The number of amides is 1. The zero-order valence-corrected chi connectivity index (χ0v) is 20.5. The topological polar surface area (TPSA) is 145 Å². The molecule has 0 bridgehead atoms. The Kier molecular flexibility index (Phi) is 7.73. The molecular formula is C27H25N7O4. The lowest BCUT2D eigenvalue weighted by atomic mass is 10.1. The summed E-state index contributed by atoms with van der Waals surface area (Å²) in [6.07, 6.45) is 9.76. The van der Waals surface area contributed by atoms with E-state index in [1.165, 1.54) is 18.6 Å². The van der Waals surface area contributed by atoms with Gasteiger partial charge in [-0.05, 0) is 47.4 Å². The van der Waals surface area contributed by atoms with Gasteiger partial charge in [-0.15, -0.1) is 0 Å². The van der Waals surface area contributed by atoms with Crippen LogP contribution in [-0.2, 0) is 4.79 Å². The number of carbonyl (C=O) groups is 2. The van der Waals surface area contributed by atoms with Gasteiger partial charge in [0.1, 0.15) is 17.0 Å². The van der Waals surface area contributed by atoms with Crippen LogP contribution in [0.2, 0.25) is 0 Å². The van der Waals surface area contributed by atoms with E-state index in [0.717, 1.165) is 47.9 Å². The molecule has 3 heterocycles. The molecule has 0 unspecified atom stereocenters.